The molecule has 0 aromatic carbocycles. The number of hydrogen-bond acceptors (Lipinski definition) is 7. The minimum atomic E-state index is 0.508. The summed E-state index contributed by atoms with van der Waals surface area (Å²) in [4.78, 5) is 37.2. The van der Waals surface area contributed by atoms with Gasteiger partial charge in [0.05, 0.1) is 0 Å². The molecule has 4 heterocycles. The standard InChI is InChI=1S/C18H17N7O/c26-13-24-9-11-25(12-10-24)18-22-16(14-5-1-3-7-19-14)21-17(23-18)15-6-2-4-8-20-15/h1-8,13H,9-12H2. The number of piperazine rings is 1. The number of pyridine rings is 2. The molecule has 0 atom stereocenters. The predicted molar refractivity (Wildman–Crippen MR) is 96.1 cm³/mol. The number of carbonyl (C=O) groups is 1. The lowest BCUT2D eigenvalue weighted by atomic mass is 10.3. The Morgan fingerprint density at radius 1 is 0.769 bits per heavy atom. The summed E-state index contributed by atoms with van der Waals surface area (Å²) in [5, 5.41) is 0. The third-order valence-corrected chi connectivity index (χ3v) is 4.16. The van der Waals surface area contributed by atoms with Crippen LogP contribution in [0.1, 0.15) is 0 Å². The largest absolute Gasteiger partial charge is 0.342 e. The number of aromatic nitrogens is 5. The second-order valence-electron chi connectivity index (χ2n) is 5.84. The number of nitrogens with zero attached hydrogens (tertiary/aromatic N) is 7. The zero-order valence-corrected chi connectivity index (χ0v) is 14.1. The molecule has 130 valence electrons. The molecule has 1 fully saturated rings. The maximum absolute atomic E-state index is 10.9. The number of anilines is 1. The lowest BCUT2D eigenvalue weighted by Gasteiger charge is -2.32. The summed E-state index contributed by atoms with van der Waals surface area (Å²) < 4.78 is 0. The van der Waals surface area contributed by atoms with Crippen LogP contribution in [0.4, 0.5) is 5.95 Å². The Morgan fingerprint density at radius 2 is 1.35 bits per heavy atom. The molecule has 8 heteroatoms. The molecule has 1 aliphatic heterocycles. The summed E-state index contributed by atoms with van der Waals surface area (Å²) in [7, 11) is 0. The molecule has 0 radical (unpaired) electrons. The summed E-state index contributed by atoms with van der Waals surface area (Å²) in [6, 6.07) is 11.2. The summed E-state index contributed by atoms with van der Waals surface area (Å²) in [5.41, 5.74) is 1.36. The van der Waals surface area contributed by atoms with Gasteiger partial charge in [-0.05, 0) is 24.3 Å². The zero-order chi connectivity index (χ0) is 17.8. The van der Waals surface area contributed by atoms with E-state index in [-0.39, 0.29) is 0 Å². The number of hydrogen-bond donors (Lipinski definition) is 0. The molecule has 1 aliphatic rings. The third-order valence-electron chi connectivity index (χ3n) is 4.16. The Balaban J connectivity index is 1.75. The van der Waals surface area contributed by atoms with Gasteiger partial charge in [0.2, 0.25) is 12.4 Å². The van der Waals surface area contributed by atoms with E-state index in [9.17, 15) is 4.79 Å². The van der Waals surface area contributed by atoms with Crippen molar-refractivity contribution in [3.05, 3.63) is 48.8 Å². The van der Waals surface area contributed by atoms with Crippen LogP contribution in [0.5, 0.6) is 0 Å². The quantitative estimate of drug-likeness (QED) is 0.657. The highest BCUT2D eigenvalue weighted by molar-refractivity contribution is 5.58. The third kappa shape index (κ3) is 3.34. The van der Waals surface area contributed by atoms with E-state index < -0.39 is 0 Å². The molecule has 4 rings (SSSR count). The van der Waals surface area contributed by atoms with E-state index in [0.717, 1.165) is 6.41 Å². The van der Waals surface area contributed by atoms with Crippen LogP contribution in [-0.2, 0) is 4.79 Å². The van der Waals surface area contributed by atoms with Crippen molar-refractivity contribution in [3.8, 4) is 23.0 Å². The van der Waals surface area contributed by atoms with Crippen molar-refractivity contribution < 1.29 is 4.79 Å². The molecule has 0 unspecified atom stereocenters. The monoisotopic (exact) mass is 347 g/mol. The van der Waals surface area contributed by atoms with E-state index in [2.05, 4.69) is 29.8 Å². The minimum Gasteiger partial charge on any atom is -0.342 e. The van der Waals surface area contributed by atoms with E-state index in [0.29, 0.717) is 55.2 Å². The van der Waals surface area contributed by atoms with Gasteiger partial charge in [0.1, 0.15) is 11.4 Å². The van der Waals surface area contributed by atoms with Crippen LogP contribution in [0.15, 0.2) is 48.8 Å². The van der Waals surface area contributed by atoms with Crippen molar-refractivity contribution in [1.29, 1.82) is 0 Å². The molecule has 0 aliphatic carbocycles. The van der Waals surface area contributed by atoms with Crippen LogP contribution < -0.4 is 4.90 Å². The SMILES string of the molecule is O=CN1CCN(c2nc(-c3ccccn3)nc(-c3ccccn3)n2)CC1. The average Bonchev–Trinajstić information content (AvgIpc) is 2.75. The molecule has 1 amide bonds. The number of carbonyl (C=O) groups excluding carboxylic acids is 1. The van der Waals surface area contributed by atoms with Gasteiger partial charge in [0.15, 0.2) is 11.6 Å². The molecule has 0 bridgehead atoms. The highest BCUT2D eigenvalue weighted by atomic mass is 16.1. The highest BCUT2D eigenvalue weighted by Crippen LogP contribution is 2.21. The Kier molecular flexibility index (Phi) is 4.46. The molecular formula is C18H17N7O. The maximum atomic E-state index is 10.9. The van der Waals surface area contributed by atoms with Gasteiger partial charge >= 0.3 is 0 Å². The van der Waals surface area contributed by atoms with Gasteiger partial charge in [0, 0.05) is 38.6 Å². The van der Waals surface area contributed by atoms with Gasteiger partial charge in [-0.2, -0.15) is 9.97 Å². The van der Waals surface area contributed by atoms with E-state index in [4.69, 9.17) is 0 Å². The highest BCUT2D eigenvalue weighted by Gasteiger charge is 2.20. The first-order valence-electron chi connectivity index (χ1n) is 8.37. The first-order chi connectivity index (χ1) is 12.8. The summed E-state index contributed by atoms with van der Waals surface area (Å²) in [6.07, 6.45) is 4.30. The van der Waals surface area contributed by atoms with Crippen LogP contribution >= 0.6 is 0 Å². The van der Waals surface area contributed by atoms with Gasteiger partial charge in [-0.1, -0.05) is 12.1 Å². The van der Waals surface area contributed by atoms with Crippen molar-refractivity contribution in [2.45, 2.75) is 0 Å². The molecule has 1 saturated heterocycles. The minimum absolute atomic E-state index is 0.508. The van der Waals surface area contributed by atoms with Crippen molar-refractivity contribution in [2.75, 3.05) is 31.1 Å². The Hall–Kier alpha value is -3.42. The fraction of sp³-hybridized carbons (Fsp3) is 0.222. The Labute approximate surface area is 150 Å². The average molecular weight is 347 g/mol. The smallest absolute Gasteiger partial charge is 0.229 e. The maximum Gasteiger partial charge on any atom is 0.229 e. The fourth-order valence-electron chi connectivity index (χ4n) is 2.75. The van der Waals surface area contributed by atoms with Gasteiger partial charge in [0.25, 0.3) is 0 Å². The predicted octanol–water partition coefficient (Wildman–Crippen LogP) is 1.27. The van der Waals surface area contributed by atoms with Crippen molar-refractivity contribution in [1.82, 2.24) is 29.8 Å². The van der Waals surface area contributed by atoms with Crippen molar-refractivity contribution >= 4 is 12.4 Å². The van der Waals surface area contributed by atoms with E-state index in [1.807, 2.05) is 36.4 Å². The molecule has 3 aromatic heterocycles. The molecule has 8 nitrogen and oxygen atoms in total. The molecule has 3 aromatic rings. The Morgan fingerprint density at radius 3 is 1.81 bits per heavy atom. The molecule has 0 saturated carbocycles. The summed E-state index contributed by atoms with van der Waals surface area (Å²) >= 11 is 0. The van der Waals surface area contributed by atoms with Crippen LogP contribution in [0.3, 0.4) is 0 Å². The van der Waals surface area contributed by atoms with Crippen LogP contribution in [0, 0.1) is 0 Å². The first kappa shape index (κ1) is 16.1. The number of rotatable bonds is 4. The fourth-order valence-corrected chi connectivity index (χ4v) is 2.75. The normalized spacial score (nSPS) is 14.3. The van der Waals surface area contributed by atoms with Crippen LogP contribution in [0.2, 0.25) is 0 Å². The van der Waals surface area contributed by atoms with E-state index in [1.54, 1.807) is 17.3 Å². The van der Waals surface area contributed by atoms with Crippen molar-refractivity contribution in [2.24, 2.45) is 0 Å². The summed E-state index contributed by atoms with van der Waals surface area (Å²) in [5.74, 6) is 1.59. The second-order valence-corrected chi connectivity index (χ2v) is 5.84. The second kappa shape index (κ2) is 7.22. The van der Waals surface area contributed by atoms with Gasteiger partial charge < -0.3 is 9.80 Å². The Bertz CT molecular complexity index is 823. The lowest BCUT2D eigenvalue weighted by Crippen LogP contribution is -2.46. The van der Waals surface area contributed by atoms with Crippen LogP contribution in [-0.4, -0.2) is 62.4 Å². The van der Waals surface area contributed by atoms with Gasteiger partial charge in [-0.25, -0.2) is 4.98 Å². The first-order valence-corrected chi connectivity index (χ1v) is 8.37. The van der Waals surface area contributed by atoms with Crippen LogP contribution in [0.25, 0.3) is 23.0 Å². The zero-order valence-electron chi connectivity index (χ0n) is 14.1. The topological polar surface area (TPSA) is 88.0 Å². The van der Waals surface area contributed by atoms with E-state index in [1.165, 1.54) is 0 Å². The lowest BCUT2D eigenvalue weighted by molar-refractivity contribution is -0.118. The van der Waals surface area contributed by atoms with Gasteiger partial charge in [-0.3, -0.25) is 14.8 Å². The van der Waals surface area contributed by atoms with Gasteiger partial charge in [-0.15, -0.1) is 0 Å². The van der Waals surface area contributed by atoms with Crippen molar-refractivity contribution in [3.63, 3.8) is 0 Å². The molecule has 26 heavy (non-hydrogen) atoms. The van der Waals surface area contributed by atoms with E-state index >= 15 is 0 Å². The number of amides is 1. The molecule has 0 spiro atoms. The molecule has 0 N–H and O–H groups in total. The summed E-state index contributed by atoms with van der Waals surface area (Å²) in [6.45, 7) is 2.64. The molecular weight excluding hydrogens is 330 g/mol.